The summed E-state index contributed by atoms with van der Waals surface area (Å²) in [7, 11) is 5.68. The lowest BCUT2D eigenvalue weighted by Gasteiger charge is -2.57. The third-order valence-electron chi connectivity index (χ3n) is 8.13. The number of piperidine rings is 2. The Kier molecular flexibility index (Phi) is 5.37. The summed E-state index contributed by atoms with van der Waals surface area (Å²) in [5.41, 5.74) is 2.54. The zero-order valence-electron chi connectivity index (χ0n) is 19.0. The number of hydrogen-bond donors (Lipinski definition) is 0. The summed E-state index contributed by atoms with van der Waals surface area (Å²) in [4.78, 5) is 17.2. The van der Waals surface area contributed by atoms with Crippen molar-refractivity contribution in [2.24, 2.45) is 5.92 Å². The molecular weight excluding hydrogens is 392 g/mol. The van der Waals surface area contributed by atoms with Crippen molar-refractivity contribution in [3.8, 4) is 11.5 Å². The zero-order valence-corrected chi connectivity index (χ0v) is 19.0. The third kappa shape index (κ3) is 3.30. The molecule has 3 atom stereocenters. The standard InChI is InChI=1S/C25H34N2O4/c1-26-14-11-25-16-18(31-24(28)27-12-5-4-6-13-27)8-9-19(25)20(26)15-17-7-10-21(29-2)23(30-3)22(17)25/h7-8,10,19-20H,4-6,9,11-16H2,1-3H3. The van der Waals surface area contributed by atoms with Crippen molar-refractivity contribution in [3.05, 3.63) is 35.1 Å². The van der Waals surface area contributed by atoms with E-state index in [0.717, 1.165) is 75.4 Å². The number of nitrogens with zero attached hydrogens (tertiary/aromatic N) is 2. The number of hydrogen-bond acceptors (Lipinski definition) is 5. The quantitative estimate of drug-likeness (QED) is 0.728. The van der Waals surface area contributed by atoms with Gasteiger partial charge in [-0.05, 0) is 75.7 Å². The number of allylic oxidation sites excluding steroid dienone is 2. The molecule has 1 amide bonds. The van der Waals surface area contributed by atoms with Crippen molar-refractivity contribution in [3.63, 3.8) is 0 Å². The van der Waals surface area contributed by atoms with Crippen molar-refractivity contribution in [2.45, 2.75) is 56.4 Å². The molecule has 3 unspecified atom stereocenters. The van der Waals surface area contributed by atoms with Gasteiger partial charge in [0.15, 0.2) is 11.5 Å². The number of carbonyl (C=O) groups is 1. The first kappa shape index (κ1) is 20.7. The summed E-state index contributed by atoms with van der Waals surface area (Å²) >= 11 is 0. The molecule has 168 valence electrons. The SMILES string of the molecule is COc1ccc2c(c1OC)C13CCN(C)C(C2)C1CC=C(OC(=O)N1CCCCC1)C3. The van der Waals surface area contributed by atoms with Crippen molar-refractivity contribution in [1.29, 1.82) is 0 Å². The number of methoxy groups -OCH3 is 2. The van der Waals surface area contributed by atoms with Crippen molar-refractivity contribution in [2.75, 3.05) is 40.9 Å². The summed E-state index contributed by atoms with van der Waals surface area (Å²) in [6, 6.07) is 4.73. The van der Waals surface area contributed by atoms with Crippen LogP contribution >= 0.6 is 0 Å². The van der Waals surface area contributed by atoms with Gasteiger partial charge in [0, 0.05) is 36.5 Å². The lowest BCUT2D eigenvalue weighted by atomic mass is 9.53. The van der Waals surface area contributed by atoms with Crippen LogP contribution in [0, 0.1) is 5.92 Å². The molecule has 0 saturated carbocycles. The summed E-state index contributed by atoms with van der Waals surface area (Å²) < 4.78 is 17.6. The van der Waals surface area contributed by atoms with Gasteiger partial charge in [-0.3, -0.25) is 0 Å². The number of likely N-dealkylation sites (tertiary alicyclic amines) is 2. The molecule has 31 heavy (non-hydrogen) atoms. The first-order valence-electron chi connectivity index (χ1n) is 11.7. The van der Waals surface area contributed by atoms with Crippen LogP contribution < -0.4 is 9.47 Å². The maximum Gasteiger partial charge on any atom is 0.414 e. The molecule has 4 aliphatic rings. The fourth-order valence-corrected chi connectivity index (χ4v) is 6.58. The molecule has 2 bridgehead atoms. The third-order valence-corrected chi connectivity index (χ3v) is 8.13. The smallest absolute Gasteiger partial charge is 0.414 e. The molecule has 6 heteroatoms. The van der Waals surface area contributed by atoms with E-state index in [1.54, 1.807) is 14.2 Å². The largest absolute Gasteiger partial charge is 0.493 e. The second kappa shape index (κ2) is 8.05. The van der Waals surface area contributed by atoms with E-state index in [1.807, 2.05) is 11.0 Å². The van der Waals surface area contributed by atoms with Gasteiger partial charge in [-0.1, -0.05) is 6.07 Å². The number of benzene rings is 1. The molecule has 0 radical (unpaired) electrons. The van der Waals surface area contributed by atoms with Gasteiger partial charge in [0.2, 0.25) is 0 Å². The van der Waals surface area contributed by atoms with Gasteiger partial charge >= 0.3 is 6.09 Å². The molecule has 2 aliphatic heterocycles. The molecule has 5 rings (SSSR count). The monoisotopic (exact) mass is 426 g/mol. The molecule has 2 fully saturated rings. The first-order chi connectivity index (χ1) is 15.1. The Morgan fingerprint density at radius 3 is 2.65 bits per heavy atom. The van der Waals surface area contributed by atoms with Crippen molar-refractivity contribution >= 4 is 6.09 Å². The van der Waals surface area contributed by atoms with E-state index in [2.05, 4.69) is 24.1 Å². The molecule has 2 saturated heterocycles. The van der Waals surface area contributed by atoms with Gasteiger partial charge in [0.1, 0.15) is 5.76 Å². The minimum atomic E-state index is -0.182. The maximum absolute atomic E-state index is 12.8. The van der Waals surface area contributed by atoms with E-state index in [0.29, 0.717) is 12.0 Å². The molecule has 1 aromatic rings. The first-order valence-corrected chi connectivity index (χ1v) is 11.7. The Labute approximate surface area is 185 Å². The highest BCUT2D eigenvalue weighted by Crippen LogP contribution is 2.59. The van der Waals surface area contributed by atoms with Crippen LogP contribution in [0.2, 0.25) is 0 Å². The second-order valence-corrected chi connectivity index (χ2v) is 9.60. The highest BCUT2D eigenvalue weighted by molar-refractivity contribution is 5.69. The average molecular weight is 427 g/mol. The van der Waals surface area contributed by atoms with Gasteiger partial charge in [-0.15, -0.1) is 0 Å². The van der Waals surface area contributed by atoms with Crippen LogP contribution in [0.25, 0.3) is 0 Å². The predicted molar refractivity (Wildman–Crippen MR) is 119 cm³/mol. The zero-order chi connectivity index (χ0) is 21.6. The number of amides is 1. The van der Waals surface area contributed by atoms with E-state index >= 15 is 0 Å². The second-order valence-electron chi connectivity index (χ2n) is 9.60. The molecule has 0 N–H and O–H groups in total. The Morgan fingerprint density at radius 2 is 1.90 bits per heavy atom. The van der Waals surface area contributed by atoms with Gasteiger partial charge < -0.3 is 24.0 Å². The fourth-order valence-electron chi connectivity index (χ4n) is 6.58. The van der Waals surface area contributed by atoms with Crippen molar-refractivity contribution in [1.82, 2.24) is 9.80 Å². The van der Waals surface area contributed by atoms with Crippen LogP contribution in [-0.2, 0) is 16.6 Å². The molecule has 6 nitrogen and oxygen atoms in total. The number of fused-ring (bicyclic) bond motifs is 1. The molecule has 1 aromatic carbocycles. The number of ether oxygens (including phenoxy) is 3. The van der Waals surface area contributed by atoms with Crippen LogP contribution in [0.5, 0.6) is 11.5 Å². The maximum atomic E-state index is 12.8. The highest BCUT2D eigenvalue weighted by atomic mass is 16.6. The molecular formula is C25H34N2O4. The van der Waals surface area contributed by atoms with E-state index in [-0.39, 0.29) is 11.5 Å². The van der Waals surface area contributed by atoms with Crippen LogP contribution in [-0.4, -0.2) is 62.8 Å². The highest BCUT2D eigenvalue weighted by Gasteiger charge is 2.55. The van der Waals surface area contributed by atoms with E-state index < -0.39 is 0 Å². The molecule has 0 aromatic heterocycles. The minimum absolute atomic E-state index is 0.0864. The summed E-state index contributed by atoms with van der Waals surface area (Å²) in [6.07, 6.45) is 9.06. The normalized spacial score (nSPS) is 30.0. The Balaban J connectivity index is 1.52. The lowest BCUT2D eigenvalue weighted by molar-refractivity contribution is 0.0140. The van der Waals surface area contributed by atoms with Crippen molar-refractivity contribution < 1.29 is 19.0 Å². The van der Waals surface area contributed by atoms with Crippen LogP contribution in [0.15, 0.2) is 24.0 Å². The van der Waals surface area contributed by atoms with Gasteiger partial charge in [-0.2, -0.15) is 0 Å². The topological polar surface area (TPSA) is 51.2 Å². The molecule has 2 aliphatic carbocycles. The van der Waals surface area contributed by atoms with Gasteiger partial charge in [0.25, 0.3) is 0 Å². The Morgan fingerprint density at radius 1 is 1.10 bits per heavy atom. The lowest BCUT2D eigenvalue weighted by Crippen LogP contribution is -2.59. The van der Waals surface area contributed by atoms with Crippen LogP contribution in [0.3, 0.4) is 0 Å². The van der Waals surface area contributed by atoms with E-state index in [9.17, 15) is 4.79 Å². The Hall–Kier alpha value is -2.21. The van der Waals surface area contributed by atoms with E-state index in [4.69, 9.17) is 14.2 Å². The summed E-state index contributed by atoms with van der Waals surface area (Å²) in [5.74, 6) is 2.95. The van der Waals surface area contributed by atoms with Gasteiger partial charge in [-0.25, -0.2) is 4.79 Å². The Bertz CT molecular complexity index is 892. The fraction of sp³-hybridized carbons (Fsp3) is 0.640. The predicted octanol–water partition coefficient (Wildman–Crippen LogP) is 4.12. The van der Waals surface area contributed by atoms with Crippen LogP contribution in [0.1, 0.15) is 49.7 Å². The van der Waals surface area contributed by atoms with E-state index in [1.165, 1.54) is 17.5 Å². The van der Waals surface area contributed by atoms with Crippen LogP contribution in [0.4, 0.5) is 4.79 Å². The molecule has 0 spiro atoms. The minimum Gasteiger partial charge on any atom is -0.493 e. The summed E-state index contributed by atoms with van der Waals surface area (Å²) in [5, 5.41) is 0. The number of rotatable bonds is 3. The average Bonchev–Trinajstić information content (AvgIpc) is 2.81. The number of carbonyl (C=O) groups excluding carboxylic acids is 1. The molecule has 2 heterocycles. The van der Waals surface area contributed by atoms with Gasteiger partial charge in [0.05, 0.1) is 14.2 Å². The number of likely N-dealkylation sites (N-methyl/N-ethyl adjacent to an activating group) is 1. The summed E-state index contributed by atoms with van der Waals surface area (Å²) in [6.45, 7) is 2.65.